The smallest absolute Gasteiger partial charge is 0.275 e. The lowest BCUT2D eigenvalue weighted by Gasteiger charge is -2.23. The van der Waals surface area contributed by atoms with Gasteiger partial charge in [-0.2, -0.15) is 0 Å². The van der Waals surface area contributed by atoms with Gasteiger partial charge in [0.1, 0.15) is 11.4 Å². The number of aryl methyl sites for hydroxylation is 1. The topological polar surface area (TPSA) is 34.5 Å². The summed E-state index contributed by atoms with van der Waals surface area (Å²) in [6.07, 6.45) is 3.55. The zero-order valence-electron chi connectivity index (χ0n) is 11.7. The Hall–Kier alpha value is -2.49. The summed E-state index contributed by atoms with van der Waals surface area (Å²) in [5.41, 5.74) is 1.36. The number of hydrogen-bond acceptors (Lipinski definition) is 2. The molecule has 104 valence electrons. The number of rotatable bonds is 5. The van der Waals surface area contributed by atoms with E-state index in [1.54, 1.807) is 28.7 Å². The van der Waals surface area contributed by atoms with Crippen molar-refractivity contribution >= 4 is 11.6 Å². The van der Waals surface area contributed by atoms with Crippen molar-refractivity contribution in [3.8, 4) is 5.75 Å². The molecule has 1 aromatic carbocycles. The van der Waals surface area contributed by atoms with Crippen LogP contribution in [-0.2, 0) is 7.05 Å². The van der Waals surface area contributed by atoms with Gasteiger partial charge in [0.15, 0.2) is 0 Å². The van der Waals surface area contributed by atoms with Crippen LogP contribution in [0.5, 0.6) is 5.75 Å². The maximum Gasteiger partial charge on any atom is 0.275 e. The van der Waals surface area contributed by atoms with E-state index in [1.807, 2.05) is 43.6 Å². The van der Waals surface area contributed by atoms with Crippen LogP contribution in [0, 0.1) is 0 Å². The van der Waals surface area contributed by atoms with Crippen LogP contribution in [-0.4, -0.2) is 24.1 Å². The molecule has 0 unspecified atom stereocenters. The normalized spacial score (nSPS) is 10.1. The molecule has 2 rings (SSSR count). The van der Waals surface area contributed by atoms with Gasteiger partial charge in [0, 0.05) is 19.8 Å². The molecule has 0 aliphatic carbocycles. The molecule has 0 fully saturated rings. The highest BCUT2D eigenvalue weighted by molar-refractivity contribution is 6.06. The molecule has 0 atom stereocenters. The molecule has 0 radical (unpaired) electrons. The van der Waals surface area contributed by atoms with Crippen LogP contribution in [0.1, 0.15) is 10.5 Å². The molecule has 0 spiro atoms. The second-order valence-corrected chi connectivity index (χ2v) is 4.38. The Kier molecular flexibility index (Phi) is 4.25. The summed E-state index contributed by atoms with van der Waals surface area (Å²) in [6, 6.07) is 11.1. The molecule has 0 saturated carbocycles. The largest absolute Gasteiger partial charge is 0.495 e. The van der Waals surface area contributed by atoms with Gasteiger partial charge in [-0.1, -0.05) is 18.2 Å². The third-order valence-electron chi connectivity index (χ3n) is 3.10. The Morgan fingerprint density at radius 3 is 2.70 bits per heavy atom. The zero-order valence-corrected chi connectivity index (χ0v) is 11.7. The fourth-order valence-electron chi connectivity index (χ4n) is 2.09. The van der Waals surface area contributed by atoms with E-state index in [9.17, 15) is 4.79 Å². The molecule has 0 aliphatic heterocycles. The number of para-hydroxylation sites is 2. The van der Waals surface area contributed by atoms with Crippen molar-refractivity contribution in [3.63, 3.8) is 0 Å². The lowest BCUT2D eigenvalue weighted by atomic mass is 10.2. The molecule has 4 heteroatoms. The van der Waals surface area contributed by atoms with Crippen molar-refractivity contribution < 1.29 is 9.53 Å². The van der Waals surface area contributed by atoms with Crippen molar-refractivity contribution in [2.75, 3.05) is 18.6 Å². The summed E-state index contributed by atoms with van der Waals surface area (Å²) in [6.45, 7) is 4.15. The number of amides is 1. The SMILES string of the molecule is C=CCN(C(=O)c1cccn1C)c1ccccc1OC. The molecular weight excluding hydrogens is 252 g/mol. The van der Waals surface area contributed by atoms with Crippen LogP contribution in [0.15, 0.2) is 55.3 Å². The van der Waals surface area contributed by atoms with Gasteiger partial charge in [-0.3, -0.25) is 9.69 Å². The highest BCUT2D eigenvalue weighted by Crippen LogP contribution is 2.28. The number of nitrogens with zero attached hydrogens (tertiary/aromatic N) is 2. The Morgan fingerprint density at radius 1 is 1.35 bits per heavy atom. The average molecular weight is 270 g/mol. The number of anilines is 1. The number of carbonyl (C=O) groups excluding carboxylic acids is 1. The van der Waals surface area contributed by atoms with E-state index in [4.69, 9.17) is 4.74 Å². The van der Waals surface area contributed by atoms with Crippen molar-refractivity contribution in [1.29, 1.82) is 0 Å². The lowest BCUT2D eigenvalue weighted by Crippen LogP contribution is -2.32. The summed E-state index contributed by atoms with van der Waals surface area (Å²) in [5, 5.41) is 0. The van der Waals surface area contributed by atoms with E-state index >= 15 is 0 Å². The van der Waals surface area contributed by atoms with Crippen molar-refractivity contribution in [2.24, 2.45) is 7.05 Å². The van der Waals surface area contributed by atoms with Crippen molar-refractivity contribution in [2.45, 2.75) is 0 Å². The van der Waals surface area contributed by atoms with Crippen LogP contribution in [0.25, 0.3) is 0 Å². The minimum Gasteiger partial charge on any atom is -0.495 e. The second kappa shape index (κ2) is 6.10. The van der Waals surface area contributed by atoms with Crippen LogP contribution in [0.4, 0.5) is 5.69 Å². The monoisotopic (exact) mass is 270 g/mol. The van der Waals surface area contributed by atoms with Crippen LogP contribution in [0.3, 0.4) is 0 Å². The predicted molar refractivity (Wildman–Crippen MR) is 80.3 cm³/mol. The highest BCUT2D eigenvalue weighted by Gasteiger charge is 2.21. The summed E-state index contributed by atoms with van der Waals surface area (Å²) in [5.74, 6) is 0.582. The number of benzene rings is 1. The molecule has 20 heavy (non-hydrogen) atoms. The molecule has 0 N–H and O–H groups in total. The van der Waals surface area contributed by atoms with Gasteiger partial charge in [-0.05, 0) is 24.3 Å². The van der Waals surface area contributed by atoms with E-state index in [0.29, 0.717) is 18.0 Å². The van der Waals surface area contributed by atoms with E-state index in [0.717, 1.165) is 5.69 Å². The van der Waals surface area contributed by atoms with Gasteiger partial charge in [-0.15, -0.1) is 6.58 Å². The van der Waals surface area contributed by atoms with E-state index in [1.165, 1.54) is 0 Å². The number of aromatic nitrogens is 1. The van der Waals surface area contributed by atoms with Crippen LogP contribution < -0.4 is 9.64 Å². The van der Waals surface area contributed by atoms with E-state index in [-0.39, 0.29) is 5.91 Å². The molecule has 0 saturated heterocycles. The molecule has 1 heterocycles. The third kappa shape index (κ3) is 2.59. The highest BCUT2D eigenvalue weighted by atomic mass is 16.5. The first-order valence-electron chi connectivity index (χ1n) is 6.36. The summed E-state index contributed by atoms with van der Waals surface area (Å²) < 4.78 is 7.13. The molecule has 2 aromatic rings. The Bertz CT molecular complexity index is 616. The molecule has 1 amide bonds. The first-order valence-corrected chi connectivity index (χ1v) is 6.36. The van der Waals surface area contributed by atoms with E-state index in [2.05, 4.69) is 6.58 Å². The van der Waals surface area contributed by atoms with Gasteiger partial charge in [0.25, 0.3) is 5.91 Å². The maximum absolute atomic E-state index is 12.7. The summed E-state index contributed by atoms with van der Waals surface area (Å²) in [7, 11) is 3.44. The van der Waals surface area contributed by atoms with E-state index < -0.39 is 0 Å². The summed E-state index contributed by atoms with van der Waals surface area (Å²) >= 11 is 0. The first kappa shape index (κ1) is 13.9. The standard InChI is InChI=1S/C16H18N2O2/c1-4-11-18(13-8-5-6-10-15(13)20-3)16(19)14-9-7-12-17(14)2/h4-10,12H,1,11H2,2-3H3. The molecule has 4 nitrogen and oxygen atoms in total. The number of carbonyl (C=O) groups is 1. The molecule has 0 bridgehead atoms. The maximum atomic E-state index is 12.7. The minimum atomic E-state index is -0.0816. The predicted octanol–water partition coefficient (Wildman–Crippen LogP) is 2.87. The van der Waals surface area contributed by atoms with Crippen LogP contribution in [0.2, 0.25) is 0 Å². The molecular formula is C16H18N2O2. The Morgan fingerprint density at radius 2 is 2.10 bits per heavy atom. The van der Waals surface area contributed by atoms with Crippen molar-refractivity contribution in [3.05, 3.63) is 60.9 Å². The quantitative estimate of drug-likeness (QED) is 0.783. The minimum absolute atomic E-state index is 0.0816. The molecule has 0 aliphatic rings. The number of methoxy groups -OCH3 is 1. The molecule has 1 aromatic heterocycles. The van der Waals surface area contributed by atoms with Gasteiger partial charge >= 0.3 is 0 Å². The zero-order chi connectivity index (χ0) is 14.5. The van der Waals surface area contributed by atoms with Crippen molar-refractivity contribution in [1.82, 2.24) is 4.57 Å². The Labute approximate surface area is 118 Å². The first-order chi connectivity index (χ1) is 9.69. The van der Waals surface area contributed by atoms with Gasteiger partial charge in [0.05, 0.1) is 12.8 Å². The average Bonchev–Trinajstić information content (AvgIpc) is 2.90. The van der Waals surface area contributed by atoms with Gasteiger partial charge in [0.2, 0.25) is 0 Å². The Balaban J connectivity index is 2.43. The summed E-state index contributed by atoms with van der Waals surface area (Å²) in [4.78, 5) is 14.3. The number of hydrogen-bond donors (Lipinski definition) is 0. The fraction of sp³-hybridized carbons (Fsp3) is 0.188. The van der Waals surface area contributed by atoms with Crippen LogP contribution >= 0.6 is 0 Å². The second-order valence-electron chi connectivity index (χ2n) is 4.38. The fourth-order valence-corrected chi connectivity index (χ4v) is 2.09. The lowest BCUT2D eigenvalue weighted by molar-refractivity contribution is 0.0981. The van der Waals surface area contributed by atoms with Gasteiger partial charge in [-0.25, -0.2) is 0 Å². The third-order valence-corrected chi connectivity index (χ3v) is 3.10. The number of ether oxygens (including phenoxy) is 1. The van der Waals surface area contributed by atoms with Gasteiger partial charge < -0.3 is 9.30 Å².